The maximum Gasteiger partial charge on any atom is 0.133 e. The van der Waals surface area contributed by atoms with E-state index in [4.69, 9.17) is 11.6 Å². The van der Waals surface area contributed by atoms with Crippen LogP contribution in [0.5, 0.6) is 0 Å². The summed E-state index contributed by atoms with van der Waals surface area (Å²) in [6.07, 6.45) is 11.5. The van der Waals surface area contributed by atoms with Gasteiger partial charge in [0.15, 0.2) is 0 Å². The SMILES string of the molecule is Fc1ccc(Cl)cc1-c1ncccc1C1=NC2=CC=CCN2C=C1. The van der Waals surface area contributed by atoms with Crippen LogP contribution in [-0.4, -0.2) is 22.1 Å². The van der Waals surface area contributed by atoms with E-state index in [9.17, 15) is 4.39 Å². The van der Waals surface area contributed by atoms with Gasteiger partial charge in [-0.2, -0.15) is 0 Å². The monoisotopic (exact) mass is 337 g/mol. The number of nitrogens with zero attached hydrogens (tertiary/aromatic N) is 3. The van der Waals surface area contributed by atoms with E-state index in [0.29, 0.717) is 16.3 Å². The van der Waals surface area contributed by atoms with E-state index in [2.05, 4.69) is 16.1 Å². The molecule has 0 aliphatic carbocycles. The zero-order valence-electron chi connectivity index (χ0n) is 12.7. The van der Waals surface area contributed by atoms with Crippen molar-refractivity contribution in [1.29, 1.82) is 0 Å². The lowest BCUT2D eigenvalue weighted by Gasteiger charge is -2.25. The lowest BCUT2D eigenvalue weighted by Crippen LogP contribution is -2.22. The minimum Gasteiger partial charge on any atom is -0.329 e. The predicted molar refractivity (Wildman–Crippen MR) is 94.2 cm³/mol. The zero-order valence-corrected chi connectivity index (χ0v) is 13.4. The van der Waals surface area contributed by atoms with Crippen molar-refractivity contribution in [2.75, 3.05) is 6.54 Å². The second kappa shape index (κ2) is 6.06. The molecule has 0 radical (unpaired) electrons. The first-order valence-electron chi connectivity index (χ1n) is 7.53. The minimum atomic E-state index is -0.360. The van der Waals surface area contributed by atoms with Gasteiger partial charge in [0.1, 0.15) is 11.6 Å². The fourth-order valence-corrected chi connectivity index (χ4v) is 2.91. The zero-order chi connectivity index (χ0) is 16.5. The summed E-state index contributed by atoms with van der Waals surface area (Å²) in [5, 5.41) is 0.468. The molecule has 0 saturated heterocycles. The highest BCUT2D eigenvalue weighted by molar-refractivity contribution is 6.30. The van der Waals surface area contributed by atoms with Gasteiger partial charge >= 0.3 is 0 Å². The molecule has 0 N–H and O–H groups in total. The highest BCUT2D eigenvalue weighted by Gasteiger charge is 2.18. The van der Waals surface area contributed by atoms with Crippen LogP contribution in [0.4, 0.5) is 4.39 Å². The molecule has 5 heteroatoms. The normalized spacial score (nSPS) is 15.8. The Kier molecular flexibility index (Phi) is 3.75. The molecule has 0 saturated carbocycles. The van der Waals surface area contributed by atoms with Crippen LogP contribution in [0.15, 0.2) is 77.8 Å². The first-order valence-corrected chi connectivity index (χ1v) is 7.91. The van der Waals surface area contributed by atoms with Crippen molar-refractivity contribution in [3.05, 3.63) is 89.3 Å². The highest BCUT2D eigenvalue weighted by atomic mass is 35.5. The largest absolute Gasteiger partial charge is 0.329 e. The predicted octanol–water partition coefficient (Wildman–Crippen LogP) is 4.57. The van der Waals surface area contributed by atoms with Gasteiger partial charge in [-0.25, -0.2) is 9.38 Å². The molecule has 3 nitrogen and oxygen atoms in total. The molecule has 0 fully saturated rings. The second-order valence-corrected chi connectivity index (χ2v) is 5.88. The summed E-state index contributed by atoms with van der Waals surface area (Å²) in [6.45, 7) is 0.794. The molecule has 0 spiro atoms. The lowest BCUT2D eigenvalue weighted by molar-refractivity contribution is 0.501. The number of fused-ring (bicyclic) bond motifs is 1. The van der Waals surface area contributed by atoms with Gasteiger partial charge in [-0.15, -0.1) is 0 Å². The Hall–Kier alpha value is -2.72. The molecule has 118 valence electrons. The lowest BCUT2D eigenvalue weighted by atomic mass is 10.0. The van der Waals surface area contributed by atoms with Crippen molar-refractivity contribution < 1.29 is 4.39 Å². The molecule has 1 aromatic carbocycles. The van der Waals surface area contributed by atoms with Gasteiger partial charge in [0.2, 0.25) is 0 Å². The number of benzene rings is 1. The molecule has 0 bridgehead atoms. The quantitative estimate of drug-likeness (QED) is 0.803. The summed E-state index contributed by atoms with van der Waals surface area (Å²) in [6, 6.07) is 8.17. The molecule has 1 aromatic heterocycles. The molecule has 4 rings (SSSR count). The number of halogens is 2. The van der Waals surface area contributed by atoms with Crippen LogP contribution in [-0.2, 0) is 0 Å². The molecule has 3 heterocycles. The topological polar surface area (TPSA) is 28.5 Å². The van der Waals surface area contributed by atoms with Crippen LogP contribution >= 0.6 is 11.6 Å². The molecular formula is C19H13ClFN3. The van der Waals surface area contributed by atoms with Gasteiger partial charge in [0, 0.05) is 35.1 Å². The van der Waals surface area contributed by atoms with Crippen molar-refractivity contribution in [3.63, 3.8) is 0 Å². The molecule has 2 aromatic rings. The van der Waals surface area contributed by atoms with E-state index >= 15 is 0 Å². The molecule has 0 unspecified atom stereocenters. The molecule has 0 amide bonds. The van der Waals surface area contributed by atoms with Crippen molar-refractivity contribution in [2.24, 2.45) is 4.99 Å². The number of hydrogen-bond donors (Lipinski definition) is 0. The van der Waals surface area contributed by atoms with Gasteiger partial charge in [0.05, 0.1) is 11.4 Å². The van der Waals surface area contributed by atoms with Gasteiger partial charge in [0.25, 0.3) is 0 Å². The Morgan fingerprint density at radius 3 is 3.00 bits per heavy atom. The van der Waals surface area contributed by atoms with Crippen molar-refractivity contribution in [2.45, 2.75) is 0 Å². The first-order chi connectivity index (χ1) is 11.7. The van der Waals surface area contributed by atoms with Crippen LogP contribution in [0.25, 0.3) is 11.3 Å². The summed E-state index contributed by atoms with van der Waals surface area (Å²) in [4.78, 5) is 11.1. The minimum absolute atomic E-state index is 0.360. The number of aliphatic imine (C=N–C) groups is 1. The highest BCUT2D eigenvalue weighted by Crippen LogP contribution is 2.29. The van der Waals surface area contributed by atoms with Gasteiger partial charge in [-0.05, 0) is 42.5 Å². The number of allylic oxidation sites excluding steroid dienone is 3. The third-order valence-corrected chi connectivity index (χ3v) is 4.13. The first kappa shape index (κ1) is 14.8. The van der Waals surface area contributed by atoms with E-state index in [-0.39, 0.29) is 5.82 Å². The Bertz CT molecular complexity index is 928. The summed E-state index contributed by atoms with van der Waals surface area (Å²) in [7, 11) is 0. The smallest absolute Gasteiger partial charge is 0.133 e. The Balaban J connectivity index is 1.85. The third-order valence-electron chi connectivity index (χ3n) is 3.89. The van der Waals surface area contributed by atoms with Gasteiger partial charge in [-0.1, -0.05) is 23.8 Å². The second-order valence-electron chi connectivity index (χ2n) is 5.44. The molecule has 0 atom stereocenters. The fraction of sp³-hybridized carbons (Fsp3) is 0.0526. The Morgan fingerprint density at radius 2 is 2.08 bits per heavy atom. The van der Waals surface area contributed by atoms with E-state index < -0.39 is 0 Å². The number of pyridine rings is 1. The number of rotatable bonds is 2. The standard InChI is InChI=1S/C19H13ClFN3/c20-13-6-7-16(21)15(12-13)19-14(4-3-9-22-19)17-8-11-24-10-2-1-5-18(24)23-17/h1-9,11-12H,10H2. The van der Waals surface area contributed by atoms with Gasteiger partial charge < -0.3 is 4.90 Å². The van der Waals surface area contributed by atoms with Gasteiger partial charge in [-0.3, -0.25) is 4.98 Å². The van der Waals surface area contributed by atoms with Crippen molar-refractivity contribution >= 4 is 17.3 Å². The summed E-state index contributed by atoms with van der Waals surface area (Å²) in [5.41, 5.74) is 2.41. The average molecular weight is 338 g/mol. The Morgan fingerprint density at radius 1 is 1.17 bits per heavy atom. The summed E-state index contributed by atoms with van der Waals surface area (Å²) < 4.78 is 14.3. The van der Waals surface area contributed by atoms with Crippen molar-refractivity contribution in [1.82, 2.24) is 9.88 Å². The van der Waals surface area contributed by atoms with Crippen LogP contribution in [0.3, 0.4) is 0 Å². The van der Waals surface area contributed by atoms with Crippen molar-refractivity contribution in [3.8, 4) is 11.3 Å². The molecule has 2 aliphatic rings. The summed E-state index contributed by atoms with van der Waals surface area (Å²) >= 11 is 6.03. The molecule has 2 aliphatic heterocycles. The van der Waals surface area contributed by atoms with E-state index in [1.54, 1.807) is 12.3 Å². The number of aromatic nitrogens is 1. The molecule has 24 heavy (non-hydrogen) atoms. The molecular weight excluding hydrogens is 325 g/mol. The van der Waals surface area contributed by atoms with E-state index in [1.165, 1.54) is 12.1 Å². The van der Waals surface area contributed by atoms with Crippen LogP contribution in [0.2, 0.25) is 5.02 Å². The van der Waals surface area contributed by atoms with E-state index in [1.807, 2.05) is 41.5 Å². The van der Waals surface area contributed by atoms with E-state index in [0.717, 1.165) is 23.6 Å². The fourth-order valence-electron chi connectivity index (χ4n) is 2.73. The number of hydrogen-bond acceptors (Lipinski definition) is 3. The summed E-state index contributed by atoms with van der Waals surface area (Å²) in [5.74, 6) is 0.498. The third kappa shape index (κ3) is 2.65. The Labute approximate surface area is 144 Å². The van der Waals surface area contributed by atoms with Crippen LogP contribution in [0, 0.1) is 5.82 Å². The maximum atomic E-state index is 14.3. The average Bonchev–Trinajstić information content (AvgIpc) is 2.63. The van der Waals surface area contributed by atoms with Crippen LogP contribution < -0.4 is 0 Å². The maximum absolute atomic E-state index is 14.3. The van der Waals surface area contributed by atoms with Crippen LogP contribution in [0.1, 0.15) is 5.56 Å².